The second kappa shape index (κ2) is 11.6. The molecule has 2 nitrogen and oxygen atoms in total. The Labute approximate surface area is 261 Å². The molecule has 222 valence electrons. The fourth-order valence-electron chi connectivity index (χ4n) is 6.96. The number of hydrogen-bond donors (Lipinski definition) is 0. The van der Waals surface area contributed by atoms with Crippen molar-refractivity contribution in [1.82, 2.24) is 0 Å². The van der Waals surface area contributed by atoms with Gasteiger partial charge in [-0.3, -0.25) is 0 Å². The molecule has 0 bridgehead atoms. The van der Waals surface area contributed by atoms with Crippen molar-refractivity contribution < 1.29 is 13.5 Å². The lowest BCUT2D eigenvalue weighted by molar-refractivity contribution is -0.633. The van der Waals surface area contributed by atoms with E-state index in [0.29, 0.717) is 6.42 Å². The molecule has 0 aliphatic heterocycles. The number of rotatable bonds is 6. The summed E-state index contributed by atoms with van der Waals surface area (Å²) in [6, 6.07) is 28.5. The van der Waals surface area contributed by atoms with Crippen molar-refractivity contribution in [3.63, 3.8) is 0 Å². The van der Waals surface area contributed by atoms with Gasteiger partial charge in [0.25, 0.3) is 0 Å². The van der Waals surface area contributed by atoms with Crippen LogP contribution in [0.25, 0.3) is 44.3 Å². The zero-order chi connectivity index (χ0) is 31.3. The summed E-state index contributed by atoms with van der Waals surface area (Å²) in [7, 11) is 4.27. The Morgan fingerprint density at radius 3 is 1.98 bits per heavy atom. The quantitative estimate of drug-likeness (QED) is 0.173. The summed E-state index contributed by atoms with van der Waals surface area (Å²) in [5.74, 6) is -0.0738. The van der Waals surface area contributed by atoms with Crippen LogP contribution in [0.15, 0.2) is 78.9 Å². The molecule has 0 unspecified atom stereocenters. The number of halogens is 1. The minimum absolute atomic E-state index is 0.0738. The fraction of sp³-hybridized carbons (Fsp3) is 0.268. The molecule has 2 heterocycles. The molecule has 0 saturated carbocycles. The van der Waals surface area contributed by atoms with Crippen molar-refractivity contribution in [2.75, 3.05) is 0 Å². The van der Waals surface area contributed by atoms with Gasteiger partial charge in [-0.2, -0.15) is 9.13 Å². The zero-order valence-electron chi connectivity index (χ0n) is 27.4. The van der Waals surface area contributed by atoms with Crippen LogP contribution in [0.5, 0.6) is 0 Å². The van der Waals surface area contributed by atoms with Crippen LogP contribution in [0, 0.1) is 47.4 Å². The maximum atomic E-state index is 15.7. The highest BCUT2D eigenvalue weighted by molar-refractivity contribution is 5.83. The van der Waals surface area contributed by atoms with Gasteiger partial charge in [0.05, 0.1) is 5.39 Å². The van der Waals surface area contributed by atoms with Crippen LogP contribution in [0.1, 0.15) is 50.9 Å². The monoisotopic (exact) mass is 582 g/mol. The number of pyridine rings is 2. The van der Waals surface area contributed by atoms with Gasteiger partial charge < -0.3 is 0 Å². The average molecular weight is 583 g/mol. The third-order valence-electron chi connectivity index (χ3n) is 9.69. The summed E-state index contributed by atoms with van der Waals surface area (Å²) in [6.07, 6.45) is 2.46. The molecule has 0 N–H and O–H groups in total. The molecule has 0 atom stereocenters. The maximum absolute atomic E-state index is 15.7. The predicted molar refractivity (Wildman–Crippen MR) is 182 cm³/mol. The minimum atomic E-state index is -0.0738. The van der Waals surface area contributed by atoms with Gasteiger partial charge in [-0.15, -0.1) is 0 Å². The number of nitrogens with zero attached hydrogens (tertiary/aromatic N) is 2. The second-order valence-electron chi connectivity index (χ2n) is 12.7. The van der Waals surface area contributed by atoms with E-state index in [0.717, 1.165) is 40.6 Å². The van der Waals surface area contributed by atoms with Gasteiger partial charge >= 0.3 is 0 Å². The zero-order valence-corrected chi connectivity index (χ0v) is 27.4. The summed E-state index contributed by atoms with van der Waals surface area (Å²) in [5.41, 5.74) is 16.4. The van der Waals surface area contributed by atoms with Gasteiger partial charge in [-0.1, -0.05) is 41.5 Å². The Hall–Kier alpha value is -4.37. The molecule has 0 fully saturated rings. The van der Waals surface area contributed by atoms with Crippen LogP contribution >= 0.6 is 0 Å². The highest BCUT2D eigenvalue weighted by Gasteiger charge is 2.22. The number of hydrogen-bond acceptors (Lipinski definition) is 0. The summed E-state index contributed by atoms with van der Waals surface area (Å²) >= 11 is 0. The molecular weight excluding hydrogens is 539 g/mol. The van der Waals surface area contributed by atoms with Crippen LogP contribution in [0.4, 0.5) is 4.39 Å². The molecule has 0 spiro atoms. The number of aryl methyl sites for hydroxylation is 9. The topological polar surface area (TPSA) is 7.76 Å². The predicted octanol–water partition coefficient (Wildman–Crippen LogP) is 9.14. The molecule has 0 aliphatic carbocycles. The van der Waals surface area contributed by atoms with E-state index in [4.69, 9.17) is 0 Å². The number of aromatic nitrogens is 2. The first-order chi connectivity index (χ1) is 21.0. The minimum Gasteiger partial charge on any atom is -0.206 e. The number of benzene rings is 4. The molecule has 4 aromatic carbocycles. The Kier molecular flexibility index (Phi) is 7.84. The molecular formula is C41H43FN2+2. The van der Waals surface area contributed by atoms with E-state index in [1.165, 1.54) is 61.1 Å². The van der Waals surface area contributed by atoms with Crippen molar-refractivity contribution in [3.05, 3.63) is 129 Å². The Balaban J connectivity index is 1.31. The van der Waals surface area contributed by atoms with Gasteiger partial charge in [0, 0.05) is 40.8 Å². The van der Waals surface area contributed by atoms with E-state index in [-0.39, 0.29) is 5.82 Å². The maximum Gasteiger partial charge on any atom is 0.213 e. The molecule has 2 aromatic heterocycles. The van der Waals surface area contributed by atoms with Crippen LogP contribution in [0.3, 0.4) is 0 Å². The largest absolute Gasteiger partial charge is 0.213 e. The van der Waals surface area contributed by atoms with Gasteiger partial charge in [0.15, 0.2) is 0 Å². The summed E-state index contributed by atoms with van der Waals surface area (Å²) < 4.78 is 20.3. The molecule has 3 heteroatoms. The molecule has 6 rings (SSSR count). The molecule has 0 radical (unpaired) electrons. The number of fused-ring (bicyclic) bond motifs is 2. The molecule has 0 amide bonds. The Morgan fingerprint density at radius 1 is 0.545 bits per heavy atom. The van der Waals surface area contributed by atoms with Crippen molar-refractivity contribution >= 4 is 21.8 Å². The van der Waals surface area contributed by atoms with E-state index in [9.17, 15) is 0 Å². The average Bonchev–Trinajstić information content (AvgIpc) is 3.00. The van der Waals surface area contributed by atoms with Crippen LogP contribution in [-0.2, 0) is 26.9 Å². The van der Waals surface area contributed by atoms with E-state index < -0.39 is 0 Å². The Morgan fingerprint density at radius 2 is 1.20 bits per heavy atom. The van der Waals surface area contributed by atoms with Crippen molar-refractivity contribution in [1.29, 1.82) is 0 Å². The third-order valence-corrected chi connectivity index (χ3v) is 9.69. The SMILES string of the molecule is Cc1ccc(C)c(-c2ccc3c(CCCc4cc5c(ccc(-c6cc(C)cc(C)c6C)[n+]5C)c(C)c4F)cccc3[n+]2C)c1. The summed E-state index contributed by atoms with van der Waals surface area (Å²) in [5, 5.41) is 2.24. The highest BCUT2D eigenvalue weighted by Crippen LogP contribution is 2.30. The smallest absolute Gasteiger partial charge is 0.206 e. The van der Waals surface area contributed by atoms with Gasteiger partial charge in [-0.25, -0.2) is 4.39 Å². The summed E-state index contributed by atoms with van der Waals surface area (Å²) in [6.45, 7) is 12.7. The third kappa shape index (κ3) is 5.19. The van der Waals surface area contributed by atoms with Gasteiger partial charge in [0.1, 0.15) is 19.9 Å². The first-order valence-electron chi connectivity index (χ1n) is 15.7. The van der Waals surface area contributed by atoms with Crippen LogP contribution < -0.4 is 9.13 Å². The van der Waals surface area contributed by atoms with E-state index in [1.807, 2.05) is 6.92 Å². The lowest BCUT2D eigenvalue weighted by Crippen LogP contribution is -2.32. The van der Waals surface area contributed by atoms with Gasteiger partial charge in [0.2, 0.25) is 22.4 Å². The molecule has 0 saturated heterocycles. The first-order valence-corrected chi connectivity index (χ1v) is 15.7. The van der Waals surface area contributed by atoms with Crippen LogP contribution in [-0.4, -0.2) is 0 Å². The van der Waals surface area contributed by atoms with Crippen molar-refractivity contribution in [2.24, 2.45) is 14.1 Å². The highest BCUT2D eigenvalue weighted by atomic mass is 19.1. The Bertz CT molecular complexity index is 2090. The lowest BCUT2D eigenvalue weighted by atomic mass is 9.95. The van der Waals surface area contributed by atoms with E-state index in [2.05, 4.69) is 137 Å². The van der Waals surface area contributed by atoms with E-state index in [1.54, 1.807) is 0 Å². The van der Waals surface area contributed by atoms with E-state index >= 15 is 4.39 Å². The standard InChI is InChI=1S/C41H43FN2/c1-25-15-16-27(3)35(22-25)38-20-18-34-31(12-10-14-37(34)43(38)7)11-9-13-32-24-40-33(30(6)41(32)42)17-19-39(44(40)8)36-23-26(2)21-28(4)29(36)5/h10,12,14-24H,9,11,13H2,1-8H3/q+2. The second-order valence-corrected chi connectivity index (χ2v) is 12.7. The lowest BCUT2D eigenvalue weighted by Gasteiger charge is -2.13. The normalized spacial score (nSPS) is 11.6. The first kappa shape index (κ1) is 29.7. The molecule has 0 aliphatic rings. The fourth-order valence-corrected chi connectivity index (χ4v) is 6.96. The molecule has 44 heavy (non-hydrogen) atoms. The van der Waals surface area contributed by atoms with Crippen LogP contribution in [0.2, 0.25) is 0 Å². The summed E-state index contributed by atoms with van der Waals surface area (Å²) in [4.78, 5) is 0. The van der Waals surface area contributed by atoms with Crippen molar-refractivity contribution in [3.8, 4) is 22.5 Å². The van der Waals surface area contributed by atoms with Crippen molar-refractivity contribution in [2.45, 2.75) is 60.8 Å². The molecule has 6 aromatic rings. The van der Waals surface area contributed by atoms with Gasteiger partial charge in [-0.05, 0) is 118 Å².